The van der Waals surface area contributed by atoms with Crippen molar-refractivity contribution in [3.8, 4) is 0 Å². The van der Waals surface area contributed by atoms with Crippen LogP contribution in [-0.2, 0) is 19.4 Å². The van der Waals surface area contributed by atoms with Crippen LogP contribution in [0.2, 0.25) is 0 Å². The molecule has 0 saturated heterocycles. The molecule has 0 amide bonds. The van der Waals surface area contributed by atoms with Crippen LogP contribution in [-0.4, -0.2) is 16.8 Å². The zero-order chi connectivity index (χ0) is 20.3. The first kappa shape index (κ1) is 20.4. The molecule has 0 aliphatic carbocycles. The molecule has 0 fully saturated rings. The molecule has 2 aromatic carbocycles. The van der Waals surface area contributed by atoms with Crippen LogP contribution in [0, 0.1) is 9.77 Å². The van der Waals surface area contributed by atoms with Crippen LogP contribution in [0.1, 0.15) is 11.1 Å². The highest BCUT2D eigenvalue weighted by atomic mass is 32.1. The van der Waals surface area contributed by atoms with Crippen molar-refractivity contribution in [3.05, 3.63) is 69.4 Å². The van der Waals surface area contributed by atoms with Crippen molar-refractivity contribution in [2.24, 2.45) is 0 Å². The van der Waals surface area contributed by atoms with Gasteiger partial charge in [0.15, 0.2) is 10.6 Å². The number of aromatic nitrogens is 2. The number of hydrogen-bond donors (Lipinski definition) is 2. The Morgan fingerprint density at radius 2 is 1.82 bits per heavy atom. The molecule has 3 rings (SSSR count). The number of para-hydroxylation sites is 1. The summed E-state index contributed by atoms with van der Waals surface area (Å²) < 4.78 is 53.8. The maximum absolute atomic E-state index is 13.7. The predicted octanol–water partition coefficient (Wildman–Crippen LogP) is 4.25. The third-order valence-corrected chi connectivity index (χ3v) is 5.15. The topological polar surface area (TPSA) is 34.3 Å². The number of quaternary nitrogens is 1. The predicted molar refractivity (Wildman–Crippen MR) is 103 cm³/mol. The third-order valence-electron chi connectivity index (χ3n) is 3.93. The smallest absolute Gasteiger partial charge is 0.328 e. The Balaban J connectivity index is 1.64. The number of nitrogens with one attached hydrogen (secondary N) is 2. The SMILES string of the molecule is C[NH+](Cc1ccc(C(F)(F)F)cc1)Cn1nc(Nc2ccccc2F)sc1=S. The van der Waals surface area contributed by atoms with E-state index in [0.29, 0.717) is 28.0 Å². The van der Waals surface area contributed by atoms with E-state index in [9.17, 15) is 17.6 Å². The molecular formula is C18H17F4N4S2+. The molecule has 0 spiro atoms. The summed E-state index contributed by atoms with van der Waals surface area (Å²) in [5.41, 5.74) is 0.417. The lowest BCUT2D eigenvalue weighted by atomic mass is 10.1. The molecule has 3 aromatic rings. The van der Waals surface area contributed by atoms with Crippen LogP contribution in [0.3, 0.4) is 0 Å². The first-order chi connectivity index (χ1) is 13.2. The van der Waals surface area contributed by atoms with E-state index in [0.717, 1.165) is 22.6 Å². The van der Waals surface area contributed by atoms with E-state index in [1.165, 1.54) is 29.5 Å². The van der Waals surface area contributed by atoms with Crippen molar-refractivity contribution in [3.63, 3.8) is 0 Å². The molecular weight excluding hydrogens is 412 g/mol. The van der Waals surface area contributed by atoms with Crippen molar-refractivity contribution in [2.75, 3.05) is 12.4 Å². The summed E-state index contributed by atoms with van der Waals surface area (Å²) in [6.45, 7) is 0.933. The summed E-state index contributed by atoms with van der Waals surface area (Å²) in [5.74, 6) is -0.389. The lowest BCUT2D eigenvalue weighted by Gasteiger charge is -2.14. The molecule has 1 atom stereocenters. The van der Waals surface area contributed by atoms with E-state index < -0.39 is 11.7 Å². The van der Waals surface area contributed by atoms with Gasteiger partial charge in [-0.05, 0) is 36.5 Å². The summed E-state index contributed by atoms with van der Waals surface area (Å²) in [5, 5.41) is 7.73. The molecule has 4 nitrogen and oxygen atoms in total. The lowest BCUT2D eigenvalue weighted by Crippen LogP contribution is -3.07. The van der Waals surface area contributed by atoms with E-state index in [2.05, 4.69) is 10.4 Å². The minimum Gasteiger partial charge on any atom is -0.328 e. The van der Waals surface area contributed by atoms with Gasteiger partial charge in [-0.1, -0.05) is 35.6 Å². The van der Waals surface area contributed by atoms with E-state index >= 15 is 0 Å². The van der Waals surface area contributed by atoms with E-state index in [4.69, 9.17) is 12.2 Å². The lowest BCUT2D eigenvalue weighted by molar-refractivity contribution is -0.917. The first-order valence-electron chi connectivity index (χ1n) is 8.29. The summed E-state index contributed by atoms with van der Waals surface area (Å²) in [4.78, 5) is 0.985. The van der Waals surface area contributed by atoms with E-state index in [1.807, 2.05) is 7.05 Å². The Labute approximate surface area is 168 Å². The highest BCUT2D eigenvalue weighted by Crippen LogP contribution is 2.29. The van der Waals surface area contributed by atoms with Gasteiger partial charge in [-0.3, -0.25) is 0 Å². The fourth-order valence-corrected chi connectivity index (χ4v) is 3.62. The summed E-state index contributed by atoms with van der Waals surface area (Å²) in [7, 11) is 1.89. The first-order valence-corrected chi connectivity index (χ1v) is 9.52. The number of anilines is 2. The zero-order valence-corrected chi connectivity index (χ0v) is 16.4. The number of hydrogen-bond acceptors (Lipinski definition) is 4. The molecule has 2 N–H and O–H groups in total. The molecule has 0 aliphatic heterocycles. The second-order valence-corrected chi connectivity index (χ2v) is 7.89. The number of rotatable bonds is 6. The number of halogens is 4. The average Bonchev–Trinajstić information content (AvgIpc) is 2.95. The molecule has 28 heavy (non-hydrogen) atoms. The fraction of sp³-hybridized carbons (Fsp3) is 0.222. The van der Waals surface area contributed by atoms with Gasteiger partial charge in [0.25, 0.3) is 0 Å². The summed E-state index contributed by atoms with van der Waals surface area (Å²) in [6.07, 6.45) is -4.34. The second-order valence-electron chi connectivity index (χ2n) is 6.26. The van der Waals surface area contributed by atoms with E-state index in [-0.39, 0.29) is 5.82 Å². The fourth-order valence-electron chi connectivity index (χ4n) is 2.61. The normalized spacial score (nSPS) is 12.8. The van der Waals surface area contributed by atoms with E-state index in [1.54, 1.807) is 22.9 Å². The van der Waals surface area contributed by atoms with Gasteiger partial charge in [0.1, 0.15) is 12.4 Å². The molecule has 0 bridgehead atoms. The van der Waals surface area contributed by atoms with Crippen LogP contribution < -0.4 is 10.2 Å². The van der Waals surface area contributed by atoms with Crippen molar-refractivity contribution in [1.82, 2.24) is 9.78 Å². The Morgan fingerprint density at radius 1 is 1.14 bits per heavy atom. The second kappa shape index (κ2) is 8.38. The van der Waals surface area contributed by atoms with Gasteiger partial charge in [0.05, 0.1) is 18.3 Å². The molecule has 1 heterocycles. The monoisotopic (exact) mass is 429 g/mol. The van der Waals surface area contributed by atoms with Crippen LogP contribution in [0.4, 0.5) is 28.4 Å². The molecule has 0 radical (unpaired) electrons. The zero-order valence-electron chi connectivity index (χ0n) is 14.8. The van der Waals surface area contributed by atoms with Crippen LogP contribution in [0.5, 0.6) is 0 Å². The van der Waals surface area contributed by atoms with Gasteiger partial charge >= 0.3 is 6.18 Å². The highest BCUT2D eigenvalue weighted by Gasteiger charge is 2.30. The van der Waals surface area contributed by atoms with Gasteiger partial charge in [-0.25, -0.2) is 4.39 Å². The van der Waals surface area contributed by atoms with Gasteiger partial charge < -0.3 is 10.2 Å². The van der Waals surface area contributed by atoms with Gasteiger partial charge in [-0.2, -0.15) is 17.9 Å². The molecule has 148 valence electrons. The van der Waals surface area contributed by atoms with Crippen LogP contribution in [0.15, 0.2) is 48.5 Å². The van der Waals surface area contributed by atoms with Gasteiger partial charge in [0.2, 0.25) is 5.13 Å². The van der Waals surface area contributed by atoms with Crippen molar-refractivity contribution >= 4 is 34.4 Å². The van der Waals surface area contributed by atoms with Gasteiger partial charge in [-0.15, -0.1) is 5.10 Å². The number of alkyl halides is 3. The largest absolute Gasteiger partial charge is 0.416 e. The Morgan fingerprint density at radius 3 is 2.46 bits per heavy atom. The third kappa shape index (κ3) is 5.15. The minimum atomic E-state index is -4.34. The molecule has 1 unspecified atom stereocenters. The Bertz CT molecular complexity index is 996. The Kier molecular flexibility index (Phi) is 6.11. The quantitative estimate of drug-likeness (QED) is 0.454. The van der Waals surface area contributed by atoms with Crippen molar-refractivity contribution < 1.29 is 22.5 Å². The standard InChI is InChI=1S/C18H16F4N4S2/c1-25(10-12-6-8-13(9-7-12)18(20,21)22)11-26-17(27)28-16(24-26)23-15-5-3-2-4-14(15)19/h2-9H,10-11H2,1H3,(H,23,24)/p+1. The maximum atomic E-state index is 13.7. The van der Waals surface area contributed by atoms with Crippen molar-refractivity contribution in [1.29, 1.82) is 0 Å². The van der Waals surface area contributed by atoms with Crippen LogP contribution in [0.25, 0.3) is 0 Å². The minimum absolute atomic E-state index is 0.309. The maximum Gasteiger partial charge on any atom is 0.416 e. The molecule has 0 saturated carbocycles. The Hall–Kier alpha value is -2.30. The summed E-state index contributed by atoms with van der Waals surface area (Å²) in [6, 6.07) is 11.4. The molecule has 0 aliphatic rings. The summed E-state index contributed by atoms with van der Waals surface area (Å²) >= 11 is 6.53. The van der Waals surface area contributed by atoms with Crippen LogP contribution >= 0.6 is 23.6 Å². The molecule has 10 heteroatoms. The number of benzene rings is 2. The van der Waals surface area contributed by atoms with Gasteiger partial charge in [0, 0.05) is 5.56 Å². The highest BCUT2D eigenvalue weighted by molar-refractivity contribution is 7.73. The molecule has 1 aromatic heterocycles. The van der Waals surface area contributed by atoms with Crippen molar-refractivity contribution in [2.45, 2.75) is 19.4 Å². The number of nitrogens with zero attached hydrogens (tertiary/aromatic N) is 2. The average molecular weight is 429 g/mol.